The van der Waals surface area contributed by atoms with Gasteiger partial charge in [-0.25, -0.2) is 0 Å². The molecule has 0 radical (unpaired) electrons. The number of fused-ring (bicyclic) bond motifs is 1. The lowest BCUT2D eigenvalue weighted by Gasteiger charge is -2.09. The van der Waals surface area contributed by atoms with Crippen molar-refractivity contribution >= 4 is 44.1 Å². The second-order valence-electron chi connectivity index (χ2n) is 4.78. The van der Waals surface area contributed by atoms with E-state index < -0.39 is 0 Å². The van der Waals surface area contributed by atoms with Crippen LogP contribution in [0.3, 0.4) is 0 Å². The van der Waals surface area contributed by atoms with Gasteiger partial charge in [0.1, 0.15) is 0 Å². The molecule has 0 atom stereocenters. The number of aryl methyl sites for hydroxylation is 1. The van der Waals surface area contributed by atoms with Crippen molar-refractivity contribution in [3.05, 3.63) is 63.2 Å². The van der Waals surface area contributed by atoms with Crippen LogP contribution in [-0.2, 0) is 6.54 Å². The summed E-state index contributed by atoms with van der Waals surface area (Å²) in [4.78, 5) is 3.36. The van der Waals surface area contributed by atoms with Crippen molar-refractivity contribution in [2.24, 2.45) is 0 Å². The Balaban J connectivity index is 1.87. The lowest BCUT2D eigenvalue weighted by molar-refractivity contribution is 1.08. The molecular formula is C16H14BrClN2. The molecule has 0 bridgehead atoms. The number of aromatic nitrogens is 1. The van der Waals surface area contributed by atoms with Crippen LogP contribution in [0.15, 0.2) is 46.9 Å². The fourth-order valence-corrected chi connectivity index (χ4v) is 2.89. The Morgan fingerprint density at radius 2 is 2.00 bits per heavy atom. The van der Waals surface area contributed by atoms with Crippen LogP contribution in [0.4, 0.5) is 5.69 Å². The number of rotatable bonds is 3. The first-order valence-corrected chi connectivity index (χ1v) is 7.57. The van der Waals surface area contributed by atoms with Gasteiger partial charge >= 0.3 is 0 Å². The monoisotopic (exact) mass is 348 g/mol. The first-order valence-electron chi connectivity index (χ1n) is 6.40. The number of hydrogen-bond acceptors (Lipinski definition) is 1. The molecule has 1 heterocycles. The second kappa shape index (κ2) is 5.51. The minimum atomic E-state index is 0.671. The molecule has 20 heavy (non-hydrogen) atoms. The Morgan fingerprint density at radius 3 is 2.80 bits per heavy atom. The van der Waals surface area contributed by atoms with Crippen molar-refractivity contribution in [1.29, 1.82) is 0 Å². The van der Waals surface area contributed by atoms with E-state index in [-0.39, 0.29) is 0 Å². The highest BCUT2D eigenvalue weighted by atomic mass is 79.9. The summed E-state index contributed by atoms with van der Waals surface area (Å²) in [5, 5.41) is 5.29. The summed E-state index contributed by atoms with van der Waals surface area (Å²) < 4.78 is 1.06. The number of benzene rings is 2. The minimum Gasteiger partial charge on any atom is -0.379 e. The largest absolute Gasteiger partial charge is 0.379 e. The second-order valence-corrected chi connectivity index (χ2v) is 6.07. The highest BCUT2D eigenvalue weighted by Gasteiger charge is 2.09. The molecule has 2 aromatic carbocycles. The van der Waals surface area contributed by atoms with Gasteiger partial charge in [0.25, 0.3) is 0 Å². The number of anilines is 1. The maximum atomic E-state index is 6.41. The summed E-state index contributed by atoms with van der Waals surface area (Å²) in [5.74, 6) is 0. The smallest absolute Gasteiger partial charge is 0.0710 e. The molecule has 0 aliphatic heterocycles. The van der Waals surface area contributed by atoms with Gasteiger partial charge in [-0.05, 0) is 30.7 Å². The van der Waals surface area contributed by atoms with Crippen LogP contribution in [-0.4, -0.2) is 4.98 Å². The molecule has 0 saturated carbocycles. The van der Waals surface area contributed by atoms with Gasteiger partial charge < -0.3 is 10.3 Å². The molecule has 0 unspecified atom stereocenters. The number of para-hydroxylation sites is 1. The van der Waals surface area contributed by atoms with Gasteiger partial charge in [0.2, 0.25) is 0 Å². The number of H-pyrrole nitrogens is 1. The Hall–Kier alpha value is -1.45. The molecule has 0 saturated heterocycles. The molecule has 2 N–H and O–H groups in total. The number of halogens is 2. The molecule has 0 spiro atoms. The fourth-order valence-electron chi connectivity index (χ4n) is 2.25. The molecule has 3 rings (SSSR count). The average molecular weight is 350 g/mol. The summed E-state index contributed by atoms with van der Waals surface area (Å²) in [7, 11) is 0. The molecule has 2 nitrogen and oxygen atoms in total. The van der Waals surface area contributed by atoms with Crippen LogP contribution in [0.2, 0.25) is 5.02 Å². The highest BCUT2D eigenvalue weighted by Crippen LogP contribution is 2.28. The van der Waals surface area contributed by atoms with E-state index in [4.69, 9.17) is 11.6 Å². The minimum absolute atomic E-state index is 0.671. The normalized spacial score (nSPS) is 10.9. The quantitative estimate of drug-likeness (QED) is 0.641. The summed E-state index contributed by atoms with van der Waals surface area (Å²) in [6.45, 7) is 2.76. The predicted octanol–water partition coefficient (Wildman–Crippen LogP) is 5.50. The van der Waals surface area contributed by atoms with Gasteiger partial charge in [-0.3, -0.25) is 0 Å². The Kier molecular flexibility index (Phi) is 3.72. The average Bonchev–Trinajstić information content (AvgIpc) is 2.77. The molecule has 0 fully saturated rings. The summed E-state index contributed by atoms with van der Waals surface area (Å²) in [6.07, 6.45) is 0. The molecule has 0 aliphatic carbocycles. The number of hydrogen-bond donors (Lipinski definition) is 2. The van der Waals surface area contributed by atoms with E-state index >= 15 is 0 Å². The molecule has 102 valence electrons. The van der Waals surface area contributed by atoms with Gasteiger partial charge in [-0.2, -0.15) is 0 Å². The zero-order valence-electron chi connectivity index (χ0n) is 11.0. The molecule has 1 aromatic heterocycles. The van der Waals surface area contributed by atoms with Crippen molar-refractivity contribution in [1.82, 2.24) is 4.98 Å². The zero-order chi connectivity index (χ0) is 14.1. The van der Waals surface area contributed by atoms with Gasteiger partial charge in [-0.1, -0.05) is 51.8 Å². The molecular weight excluding hydrogens is 336 g/mol. The van der Waals surface area contributed by atoms with Crippen LogP contribution < -0.4 is 5.32 Å². The maximum Gasteiger partial charge on any atom is 0.0710 e. The van der Waals surface area contributed by atoms with Crippen molar-refractivity contribution < 1.29 is 0 Å². The van der Waals surface area contributed by atoms with E-state index in [1.807, 2.05) is 30.3 Å². The van der Waals surface area contributed by atoms with Crippen LogP contribution >= 0.6 is 27.5 Å². The van der Waals surface area contributed by atoms with E-state index in [1.54, 1.807) is 0 Å². The fraction of sp³-hybridized carbons (Fsp3) is 0.125. The van der Waals surface area contributed by atoms with Crippen LogP contribution in [0.1, 0.15) is 11.3 Å². The first-order chi connectivity index (χ1) is 9.65. The summed E-state index contributed by atoms with van der Waals surface area (Å²) in [6, 6.07) is 14.3. The van der Waals surface area contributed by atoms with Gasteiger partial charge in [0.05, 0.1) is 17.3 Å². The molecule has 0 aliphatic rings. The summed E-state index contributed by atoms with van der Waals surface area (Å²) >= 11 is 9.91. The molecule has 4 heteroatoms. The number of aromatic amines is 1. The zero-order valence-corrected chi connectivity index (χ0v) is 13.3. The van der Waals surface area contributed by atoms with Gasteiger partial charge in [-0.15, -0.1) is 0 Å². The Labute approximate surface area is 131 Å². The van der Waals surface area contributed by atoms with Crippen molar-refractivity contribution in [3.8, 4) is 0 Å². The van der Waals surface area contributed by atoms with Crippen LogP contribution in [0.25, 0.3) is 10.9 Å². The standard InChI is InChI=1S/C16H14BrClN2/c1-10-6-7-11(17)8-14(10)19-9-15-16(18)12-4-2-3-5-13(12)20-15/h2-8,19-20H,9H2,1H3. The Bertz CT molecular complexity index is 764. The van der Waals surface area contributed by atoms with Crippen molar-refractivity contribution in [2.45, 2.75) is 13.5 Å². The lowest BCUT2D eigenvalue weighted by Crippen LogP contribution is -2.01. The lowest BCUT2D eigenvalue weighted by atomic mass is 10.2. The summed E-state index contributed by atoms with van der Waals surface area (Å²) in [5.41, 5.74) is 4.39. The van der Waals surface area contributed by atoms with Gasteiger partial charge in [0, 0.05) is 21.1 Å². The predicted molar refractivity (Wildman–Crippen MR) is 89.5 cm³/mol. The maximum absolute atomic E-state index is 6.41. The topological polar surface area (TPSA) is 27.8 Å². The van der Waals surface area contributed by atoms with Gasteiger partial charge in [0.15, 0.2) is 0 Å². The van der Waals surface area contributed by atoms with E-state index in [1.165, 1.54) is 5.56 Å². The van der Waals surface area contributed by atoms with Crippen molar-refractivity contribution in [2.75, 3.05) is 5.32 Å². The third-order valence-electron chi connectivity index (χ3n) is 3.37. The van der Waals surface area contributed by atoms with Crippen LogP contribution in [0.5, 0.6) is 0 Å². The highest BCUT2D eigenvalue weighted by molar-refractivity contribution is 9.10. The Morgan fingerprint density at radius 1 is 1.20 bits per heavy atom. The third-order valence-corrected chi connectivity index (χ3v) is 4.29. The first kappa shape index (κ1) is 13.5. The molecule has 3 aromatic rings. The van der Waals surface area contributed by atoms with Crippen LogP contribution in [0, 0.1) is 6.92 Å². The van der Waals surface area contributed by atoms with E-state index in [9.17, 15) is 0 Å². The van der Waals surface area contributed by atoms with E-state index in [0.717, 1.165) is 31.8 Å². The van der Waals surface area contributed by atoms with E-state index in [0.29, 0.717) is 6.54 Å². The third kappa shape index (κ3) is 2.56. The van der Waals surface area contributed by atoms with Crippen molar-refractivity contribution in [3.63, 3.8) is 0 Å². The number of nitrogens with one attached hydrogen (secondary N) is 2. The SMILES string of the molecule is Cc1ccc(Br)cc1NCc1[nH]c2ccccc2c1Cl. The molecule has 0 amide bonds. The van der Waals surface area contributed by atoms with E-state index in [2.05, 4.69) is 45.3 Å².